The van der Waals surface area contributed by atoms with Gasteiger partial charge in [0.05, 0.1) is 12.2 Å². The molecule has 3 heterocycles. The Hall–Kier alpha value is -2.38. The van der Waals surface area contributed by atoms with Crippen molar-refractivity contribution in [2.75, 3.05) is 37.6 Å². The first-order valence-corrected chi connectivity index (χ1v) is 11.6. The van der Waals surface area contributed by atoms with Crippen molar-refractivity contribution in [3.05, 3.63) is 35.4 Å². The van der Waals surface area contributed by atoms with Gasteiger partial charge < -0.3 is 10.2 Å². The van der Waals surface area contributed by atoms with E-state index in [4.69, 9.17) is 11.6 Å². The van der Waals surface area contributed by atoms with Gasteiger partial charge in [0.1, 0.15) is 12.4 Å². The fraction of sp³-hybridized carbons (Fsp3) is 0.522. The zero-order valence-electron chi connectivity index (χ0n) is 17.9. The van der Waals surface area contributed by atoms with Crippen LogP contribution in [0.15, 0.2) is 30.3 Å². The number of halogens is 1. The van der Waals surface area contributed by atoms with Gasteiger partial charge in [-0.2, -0.15) is 5.10 Å². The SMILES string of the molecule is O=C(CN1C(=O)CCn2nc(-c3cccc(Cl)c3)cc21)NCCCN1CCCCCC1. The molecule has 1 saturated heterocycles. The number of anilines is 1. The Morgan fingerprint density at radius 2 is 1.90 bits per heavy atom. The molecule has 4 rings (SSSR count). The van der Waals surface area contributed by atoms with Gasteiger partial charge in [-0.25, -0.2) is 4.68 Å². The highest BCUT2D eigenvalue weighted by molar-refractivity contribution is 6.30. The molecule has 1 aromatic heterocycles. The number of nitrogens with one attached hydrogen (secondary N) is 1. The van der Waals surface area contributed by atoms with Crippen LogP contribution in [0.3, 0.4) is 0 Å². The summed E-state index contributed by atoms with van der Waals surface area (Å²) in [6.07, 6.45) is 6.46. The average molecular weight is 444 g/mol. The van der Waals surface area contributed by atoms with E-state index in [1.54, 1.807) is 4.68 Å². The van der Waals surface area contributed by atoms with E-state index in [-0.39, 0.29) is 18.4 Å². The van der Waals surface area contributed by atoms with E-state index >= 15 is 0 Å². The summed E-state index contributed by atoms with van der Waals surface area (Å²) < 4.78 is 1.80. The highest BCUT2D eigenvalue weighted by atomic mass is 35.5. The first-order chi connectivity index (χ1) is 15.1. The van der Waals surface area contributed by atoms with E-state index in [0.29, 0.717) is 30.4 Å². The van der Waals surface area contributed by atoms with Crippen LogP contribution < -0.4 is 10.2 Å². The van der Waals surface area contributed by atoms with Crippen LogP contribution in [0.4, 0.5) is 5.82 Å². The standard InChI is InChI=1S/C23H30ClN5O2/c24-19-8-5-7-18(15-19)20-16-22-28(23(31)9-14-29(22)26-20)17-21(30)25-10-6-13-27-11-3-1-2-4-12-27/h5,7-8,15-16H,1-4,6,9-14,17H2,(H,25,30). The summed E-state index contributed by atoms with van der Waals surface area (Å²) in [5, 5.41) is 8.23. The van der Waals surface area contributed by atoms with E-state index < -0.39 is 0 Å². The topological polar surface area (TPSA) is 70.5 Å². The third-order valence-electron chi connectivity index (χ3n) is 5.97. The molecule has 8 heteroatoms. The van der Waals surface area contributed by atoms with Crippen LogP contribution in [0.25, 0.3) is 11.3 Å². The van der Waals surface area contributed by atoms with E-state index in [0.717, 1.165) is 37.3 Å². The Morgan fingerprint density at radius 1 is 1.10 bits per heavy atom. The number of benzene rings is 1. The molecule has 2 aliphatic rings. The Labute approximate surface area is 188 Å². The second-order valence-corrected chi connectivity index (χ2v) is 8.75. The second-order valence-electron chi connectivity index (χ2n) is 8.31. The summed E-state index contributed by atoms with van der Waals surface area (Å²) >= 11 is 6.11. The average Bonchev–Trinajstić information content (AvgIpc) is 3.02. The number of nitrogens with zero attached hydrogens (tertiary/aromatic N) is 4. The zero-order chi connectivity index (χ0) is 21.6. The minimum atomic E-state index is -0.136. The Balaban J connectivity index is 1.33. The maximum absolute atomic E-state index is 12.5. The van der Waals surface area contributed by atoms with E-state index in [1.165, 1.54) is 30.6 Å². The summed E-state index contributed by atoms with van der Waals surface area (Å²) in [6, 6.07) is 9.32. The lowest BCUT2D eigenvalue weighted by Crippen LogP contribution is -2.44. The molecule has 0 spiro atoms. The molecule has 0 radical (unpaired) electrons. The zero-order valence-corrected chi connectivity index (χ0v) is 18.6. The molecular weight excluding hydrogens is 414 g/mol. The molecular formula is C23H30ClN5O2. The van der Waals surface area contributed by atoms with Crippen molar-refractivity contribution in [3.63, 3.8) is 0 Å². The quantitative estimate of drug-likeness (QED) is 0.666. The van der Waals surface area contributed by atoms with E-state index in [9.17, 15) is 9.59 Å². The molecule has 0 aliphatic carbocycles. The van der Waals surface area contributed by atoms with Crippen LogP contribution in [0.5, 0.6) is 0 Å². The Morgan fingerprint density at radius 3 is 2.68 bits per heavy atom. The highest BCUT2D eigenvalue weighted by Gasteiger charge is 2.28. The predicted molar refractivity (Wildman–Crippen MR) is 122 cm³/mol. The molecule has 2 aromatic rings. The normalized spacial score (nSPS) is 17.3. The van der Waals surface area contributed by atoms with Crippen LogP contribution in [0.2, 0.25) is 5.02 Å². The molecule has 166 valence electrons. The maximum Gasteiger partial charge on any atom is 0.240 e. The molecule has 1 fully saturated rings. The van der Waals surface area contributed by atoms with Gasteiger partial charge in [-0.05, 0) is 51.0 Å². The molecule has 2 aliphatic heterocycles. The van der Waals surface area contributed by atoms with Crippen LogP contribution in [0, 0.1) is 0 Å². The van der Waals surface area contributed by atoms with Gasteiger partial charge in [-0.15, -0.1) is 0 Å². The predicted octanol–water partition coefficient (Wildman–Crippen LogP) is 3.32. The Bertz CT molecular complexity index is 920. The minimum absolute atomic E-state index is 0.0171. The Kier molecular flexibility index (Phi) is 7.25. The summed E-state index contributed by atoms with van der Waals surface area (Å²) in [5.74, 6) is 0.471. The largest absolute Gasteiger partial charge is 0.354 e. The summed E-state index contributed by atoms with van der Waals surface area (Å²) in [7, 11) is 0. The first-order valence-electron chi connectivity index (χ1n) is 11.2. The molecule has 1 N–H and O–H groups in total. The van der Waals surface area contributed by atoms with Crippen molar-refractivity contribution in [3.8, 4) is 11.3 Å². The number of likely N-dealkylation sites (tertiary alicyclic amines) is 1. The van der Waals surface area contributed by atoms with Crippen molar-refractivity contribution >= 4 is 29.2 Å². The van der Waals surface area contributed by atoms with Crippen molar-refractivity contribution in [2.45, 2.75) is 45.1 Å². The summed E-state index contributed by atoms with van der Waals surface area (Å²) in [4.78, 5) is 29.1. The van der Waals surface area contributed by atoms with Gasteiger partial charge in [-0.1, -0.05) is 36.6 Å². The lowest BCUT2D eigenvalue weighted by Gasteiger charge is -2.27. The smallest absolute Gasteiger partial charge is 0.240 e. The third-order valence-corrected chi connectivity index (χ3v) is 6.20. The van der Waals surface area contributed by atoms with Gasteiger partial charge in [0.25, 0.3) is 0 Å². The monoisotopic (exact) mass is 443 g/mol. The number of rotatable bonds is 7. The molecule has 1 aromatic carbocycles. The molecule has 0 unspecified atom stereocenters. The number of fused-ring (bicyclic) bond motifs is 1. The maximum atomic E-state index is 12.5. The number of carbonyl (C=O) groups excluding carboxylic acids is 2. The number of aromatic nitrogens is 2. The van der Waals surface area contributed by atoms with Crippen molar-refractivity contribution < 1.29 is 9.59 Å². The van der Waals surface area contributed by atoms with Crippen LogP contribution in [-0.4, -0.2) is 59.2 Å². The lowest BCUT2D eigenvalue weighted by atomic mass is 10.1. The van der Waals surface area contributed by atoms with Crippen LogP contribution >= 0.6 is 11.6 Å². The fourth-order valence-electron chi connectivity index (χ4n) is 4.30. The number of amides is 2. The van der Waals surface area contributed by atoms with Gasteiger partial charge >= 0.3 is 0 Å². The number of carbonyl (C=O) groups is 2. The third kappa shape index (κ3) is 5.66. The van der Waals surface area contributed by atoms with E-state index in [2.05, 4.69) is 15.3 Å². The molecule has 7 nitrogen and oxygen atoms in total. The van der Waals surface area contributed by atoms with Crippen molar-refractivity contribution in [2.24, 2.45) is 0 Å². The second kappa shape index (κ2) is 10.3. The van der Waals surface area contributed by atoms with Crippen LogP contribution in [-0.2, 0) is 16.1 Å². The van der Waals surface area contributed by atoms with Crippen molar-refractivity contribution in [1.82, 2.24) is 20.0 Å². The summed E-state index contributed by atoms with van der Waals surface area (Å²) in [6.45, 7) is 4.50. The van der Waals surface area contributed by atoms with Gasteiger partial charge in [-0.3, -0.25) is 14.5 Å². The van der Waals surface area contributed by atoms with Crippen LogP contribution in [0.1, 0.15) is 38.5 Å². The van der Waals surface area contributed by atoms with Gasteiger partial charge in [0.15, 0.2) is 0 Å². The number of hydrogen-bond acceptors (Lipinski definition) is 4. The lowest BCUT2D eigenvalue weighted by molar-refractivity contribution is -0.124. The summed E-state index contributed by atoms with van der Waals surface area (Å²) in [5.41, 5.74) is 1.63. The first kappa shape index (κ1) is 21.8. The number of aryl methyl sites for hydroxylation is 1. The minimum Gasteiger partial charge on any atom is -0.354 e. The molecule has 0 saturated carbocycles. The van der Waals surface area contributed by atoms with Gasteiger partial charge in [0, 0.05) is 29.6 Å². The molecule has 2 amide bonds. The van der Waals surface area contributed by atoms with Crippen molar-refractivity contribution in [1.29, 1.82) is 0 Å². The fourth-order valence-corrected chi connectivity index (χ4v) is 4.49. The highest BCUT2D eigenvalue weighted by Crippen LogP contribution is 2.29. The van der Waals surface area contributed by atoms with Gasteiger partial charge in [0.2, 0.25) is 11.8 Å². The number of hydrogen-bond donors (Lipinski definition) is 1. The molecule has 0 atom stereocenters. The molecule has 0 bridgehead atoms. The van der Waals surface area contributed by atoms with E-state index in [1.807, 2.05) is 30.3 Å². The molecule has 31 heavy (non-hydrogen) atoms.